The molecule has 2 rings (SSSR count). The highest BCUT2D eigenvalue weighted by Gasteiger charge is 2.35. The van der Waals surface area contributed by atoms with E-state index in [0.29, 0.717) is 5.82 Å². The monoisotopic (exact) mass is 259 g/mol. The van der Waals surface area contributed by atoms with E-state index in [9.17, 15) is 13.2 Å². The molecule has 90 valence electrons. The van der Waals surface area contributed by atoms with Gasteiger partial charge in [0.25, 0.3) is 0 Å². The molecule has 2 aromatic rings. The molecule has 2 aromatic heterocycles. The van der Waals surface area contributed by atoms with Crippen molar-refractivity contribution < 1.29 is 13.2 Å². The predicted octanol–water partition coefficient (Wildman–Crippen LogP) is 3.26. The van der Waals surface area contributed by atoms with Crippen molar-refractivity contribution in [3.05, 3.63) is 40.3 Å². The van der Waals surface area contributed by atoms with Crippen LogP contribution in [0.4, 0.5) is 13.2 Å². The topological polar surface area (TPSA) is 33.6 Å². The Kier molecular flexibility index (Phi) is 2.78. The molecule has 0 aliphatic heterocycles. The Bertz CT molecular complexity index is 583. The van der Waals surface area contributed by atoms with Crippen molar-refractivity contribution >= 4 is 12.2 Å². The Hall–Kier alpha value is -1.63. The van der Waals surface area contributed by atoms with Gasteiger partial charge in [-0.15, -0.1) is 0 Å². The number of H-pyrrole nitrogens is 1. The Morgan fingerprint density at radius 3 is 2.53 bits per heavy atom. The highest BCUT2D eigenvalue weighted by atomic mass is 32.1. The number of nitrogens with zero attached hydrogens (tertiary/aromatic N) is 2. The highest BCUT2D eigenvalue weighted by molar-refractivity contribution is 7.71. The van der Waals surface area contributed by atoms with E-state index in [4.69, 9.17) is 12.2 Å². The van der Waals surface area contributed by atoms with Crippen molar-refractivity contribution in [3.63, 3.8) is 0 Å². The van der Waals surface area contributed by atoms with E-state index in [0.717, 1.165) is 4.68 Å². The summed E-state index contributed by atoms with van der Waals surface area (Å²) >= 11 is 4.96. The average Bonchev–Trinajstić information content (AvgIpc) is 2.57. The van der Waals surface area contributed by atoms with E-state index in [1.54, 1.807) is 18.2 Å². The van der Waals surface area contributed by atoms with Gasteiger partial charge in [0.05, 0.1) is 0 Å². The summed E-state index contributed by atoms with van der Waals surface area (Å²) in [7, 11) is 0. The lowest BCUT2D eigenvalue weighted by molar-refractivity contribution is -0.141. The highest BCUT2D eigenvalue weighted by Crippen LogP contribution is 2.31. The molecule has 2 heterocycles. The molecular formula is C10H8F3N3S. The molecule has 0 saturated carbocycles. The SMILES string of the molecule is Cc1c(C(F)(F)F)[nH]n(-c2ccccn2)c1=S. The number of halogens is 3. The zero-order chi connectivity index (χ0) is 12.6. The van der Waals surface area contributed by atoms with Crippen molar-refractivity contribution in [3.8, 4) is 5.82 Å². The second kappa shape index (κ2) is 3.99. The summed E-state index contributed by atoms with van der Waals surface area (Å²) in [6, 6.07) is 4.92. The molecule has 0 aromatic carbocycles. The predicted molar refractivity (Wildman–Crippen MR) is 58.5 cm³/mol. The van der Waals surface area contributed by atoms with Gasteiger partial charge in [0.15, 0.2) is 5.82 Å². The molecule has 7 heteroatoms. The van der Waals surface area contributed by atoms with Gasteiger partial charge in [0, 0.05) is 11.8 Å². The van der Waals surface area contributed by atoms with E-state index in [2.05, 4.69) is 10.1 Å². The quantitative estimate of drug-likeness (QED) is 0.797. The van der Waals surface area contributed by atoms with Gasteiger partial charge in [-0.05, 0) is 19.1 Å². The van der Waals surface area contributed by atoms with Gasteiger partial charge in [0.1, 0.15) is 10.3 Å². The van der Waals surface area contributed by atoms with Gasteiger partial charge in [-0.1, -0.05) is 18.3 Å². The van der Waals surface area contributed by atoms with Crippen LogP contribution in [-0.4, -0.2) is 14.8 Å². The lowest BCUT2D eigenvalue weighted by Crippen LogP contribution is -2.08. The third-order valence-corrected chi connectivity index (χ3v) is 2.77. The minimum absolute atomic E-state index is 0.00171. The maximum absolute atomic E-state index is 12.6. The van der Waals surface area contributed by atoms with Crippen molar-refractivity contribution in [2.75, 3.05) is 0 Å². The first-order valence-electron chi connectivity index (χ1n) is 4.71. The Labute approximate surface area is 99.9 Å². The van der Waals surface area contributed by atoms with Gasteiger partial charge in [0.2, 0.25) is 0 Å². The number of rotatable bonds is 1. The van der Waals surface area contributed by atoms with Crippen LogP contribution in [0.5, 0.6) is 0 Å². The molecule has 1 N–H and O–H groups in total. The molecule has 0 fully saturated rings. The smallest absolute Gasteiger partial charge is 0.287 e. The van der Waals surface area contributed by atoms with E-state index in [1.807, 2.05) is 0 Å². The number of nitrogens with one attached hydrogen (secondary N) is 1. The summed E-state index contributed by atoms with van der Waals surface area (Å²) in [6.07, 6.45) is -2.96. The van der Waals surface area contributed by atoms with Gasteiger partial charge in [-0.3, -0.25) is 5.10 Å². The van der Waals surface area contributed by atoms with E-state index in [-0.39, 0.29) is 10.2 Å². The zero-order valence-electron chi connectivity index (χ0n) is 8.75. The van der Waals surface area contributed by atoms with Crippen molar-refractivity contribution in [2.24, 2.45) is 0 Å². The molecule has 0 aliphatic carbocycles. The van der Waals surface area contributed by atoms with Crippen LogP contribution in [0.25, 0.3) is 5.82 Å². The summed E-state index contributed by atoms with van der Waals surface area (Å²) in [6.45, 7) is 1.33. The first-order chi connectivity index (χ1) is 7.91. The average molecular weight is 259 g/mol. The van der Waals surface area contributed by atoms with Gasteiger partial charge in [-0.25, -0.2) is 9.67 Å². The van der Waals surface area contributed by atoms with Crippen LogP contribution in [-0.2, 0) is 6.18 Å². The Balaban J connectivity index is 2.63. The Morgan fingerprint density at radius 1 is 1.35 bits per heavy atom. The number of pyridine rings is 1. The molecule has 0 bridgehead atoms. The molecule has 0 radical (unpaired) electrons. The van der Waals surface area contributed by atoms with Crippen molar-refractivity contribution in [1.29, 1.82) is 0 Å². The third kappa shape index (κ3) is 2.10. The van der Waals surface area contributed by atoms with E-state index in [1.165, 1.54) is 13.1 Å². The van der Waals surface area contributed by atoms with Crippen LogP contribution >= 0.6 is 12.2 Å². The number of alkyl halides is 3. The molecule has 3 nitrogen and oxygen atoms in total. The van der Waals surface area contributed by atoms with E-state index >= 15 is 0 Å². The van der Waals surface area contributed by atoms with Crippen LogP contribution in [0.2, 0.25) is 0 Å². The lowest BCUT2D eigenvalue weighted by atomic mass is 10.3. The largest absolute Gasteiger partial charge is 0.433 e. The number of aromatic amines is 1. The molecular weight excluding hydrogens is 251 g/mol. The Morgan fingerprint density at radius 2 is 2.06 bits per heavy atom. The van der Waals surface area contributed by atoms with Gasteiger partial charge < -0.3 is 0 Å². The summed E-state index contributed by atoms with van der Waals surface area (Å²) in [4.78, 5) is 3.94. The number of hydrogen-bond acceptors (Lipinski definition) is 2. The molecule has 17 heavy (non-hydrogen) atoms. The van der Waals surface area contributed by atoms with Gasteiger partial charge in [-0.2, -0.15) is 13.2 Å². The number of hydrogen-bond donors (Lipinski definition) is 1. The summed E-state index contributed by atoms with van der Waals surface area (Å²) in [5, 5.41) is 2.23. The molecule has 0 unspecified atom stereocenters. The molecule has 0 atom stereocenters. The maximum Gasteiger partial charge on any atom is 0.433 e. The van der Waals surface area contributed by atoms with E-state index < -0.39 is 11.9 Å². The maximum atomic E-state index is 12.6. The minimum atomic E-state index is -4.45. The number of aromatic nitrogens is 3. The zero-order valence-corrected chi connectivity index (χ0v) is 9.56. The second-order valence-corrected chi connectivity index (χ2v) is 3.82. The van der Waals surface area contributed by atoms with Crippen LogP contribution < -0.4 is 0 Å². The minimum Gasteiger partial charge on any atom is -0.287 e. The standard InChI is InChI=1S/C10H8F3N3S/c1-6-8(10(11,12)13)15-16(9(6)17)7-4-2-3-5-14-7/h2-5,15H,1H3. The normalized spacial score (nSPS) is 11.8. The summed E-state index contributed by atoms with van der Waals surface area (Å²) in [5.74, 6) is 0.330. The first-order valence-corrected chi connectivity index (χ1v) is 5.12. The summed E-state index contributed by atoms with van der Waals surface area (Å²) in [5.41, 5.74) is -0.841. The molecule has 0 spiro atoms. The van der Waals surface area contributed by atoms with Crippen molar-refractivity contribution in [2.45, 2.75) is 13.1 Å². The third-order valence-electron chi connectivity index (χ3n) is 2.28. The van der Waals surface area contributed by atoms with Crippen molar-refractivity contribution in [1.82, 2.24) is 14.8 Å². The summed E-state index contributed by atoms with van der Waals surface area (Å²) < 4.78 is 39.2. The lowest BCUT2D eigenvalue weighted by Gasteiger charge is -2.04. The van der Waals surface area contributed by atoms with Gasteiger partial charge >= 0.3 is 6.18 Å². The molecule has 0 amide bonds. The second-order valence-electron chi connectivity index (χ2n) is 3.44. The fraction of sp³-hybridized carbons (Fsp3) is 0.200. The van der Waals surface area contributed by atoms with Crippen LogP contribution in [0.15, 0.2) is 24.4 Å². The van der Waals surface area contributed by atoms with Crippen LogP contribution in [0.1, 0.15) is 11.3 Å². The fourth-order valence-corrected chi connectivity index (χ4v) is 1.69. The van der Waals surface area contributed by atoms with Crippen LogP contribution in [0, 0.1) is 11.6 Å². The van der Waals surface area contributed by atoms with Crippen LogP contribution in [0.3, 0.4) is 0 Å². The molecule has 0 aliphatic rings. The fourth-order valence-electron chi connectivity index (χ4n) is 1.44. The first kappa shape index (κ1) is 11.8. The molecule has 0 saturated heterocycles.